The number of likely N-dealkylation sites (tertiary alicyclic amines) is 1. The molecular formula is C25H32FN7O2. The third-order valence-corrected chi connectivity index (χ3v) is 7.10. The van der Waals surface area contributed by atoms with E-state index in [1.165, 1.54) is 6.07 Å². The van der Waals surface area contributed by atoms with Crippen molar-refractivity contribution in [1.82, 2.24) is 29.4 Å². The molecule has 1 saturated heterocycles. The Labute approximate surface area is 204 Å². The van der Waals surface area contributed by atoms with Crippen LogP contribution in [0.15, 0.2) is 24.7 Å². The molecule has 10 heteroatoms. The number of carbonyl (C=O) groups excluding carboxylic acids is 1. The molecule has 3 aromatic rings. The number of nitrogens with one attached hydrogen (secondary N) is 1. The number of rotatable bonds is 6. The van der Waals surface area contributed by atoms with Crippen molar-refractivity contribution >= 4 is 17.5 Å². The molecule has 2 unspecified atom stereocenters. The number of fused-ring (bicyclic) bond motifs is 2. The van der Waals surface area contributed by atoms with Gasteiger partial charge in [-0.15, -0.1) is 10.2 Å². The van der Waals surface area contributed by atoms with E-state index >= 15 is 0 Å². The van der Waals surface area contributed by atoms with E-state index in [-0.39, 0.29) is 29.7 Å². The number of hydrogen-bond acceptors (Lipinski definition) is 7. The molecule has 2 aromatic heterocycles. The van der Waals surface area contributed by atoms with Crippen LogP contribution in [-0.2, 0) is 17.8 Å². The molecule has 1 aromatic carbocycles. The molecule has 9 nitrogen and oxygen atoms in total. The topological polar surface area (TPSA) is 87.9 Å². The summed E-state index contributed by atoms with van der Waals surface area (Å²) in [6, 6.07) is 3.36. The Morgan fingerprint density at radius 1 is 1.26 bits per heavy atom. The maximum absolute atomic E-state index is 14.6. The number of nitrogens with zero attached hydrogens (tertiary/aromatic N) is 6. The number of aromatic nitrogens is 4. The van der Waals surface area contributed by atoms with Gasteiger partial charge in [0.05, 0.1) is 13.2 Å². The molecule has 0 aliphatic carbocycles. The number of likely N-dealkylation sites (N-methyl/N-ethyl adjacent to an activating group) is 1. The standard InChI is InChI=1S/C25H32FN7O2/c1-15-9-17(10-16(2)33(15)23(34)13-31(3)4)19-11-27-25(32-14-29-30-24(19)32)28-12-20-18-7-8-35-22(18)6-5-21(20)26/h5-6,11,14-17H,7-10,12-13H2,1-4H3,(H,27,28). The molecule has 1 N–H and O–H groups in total. The maximum Gasteiger partial charge on any atom is 0.237 e. The average Bonchev–Trinajstić information content (AvgIpc) is 3.47. The second-order valence-electron chi connectivity index (χ2n) is 9.92. The van der Waals surface area contributed by atoms with Crippen LogP contribution in [0.2, 0.25) is 0 Å². The molecule has 2 aliphatic rings. The van der Waals surface area contributed by atoms with Crippen LogP contribution in [-0.4, -0.2) is 74.6 Å². The van der Waals surface area contributed by atoms with Gasteiger partial charge in [0.25, 0.3) is 0 Å². The molecule has 0 spiro atoms. The minimum atomic E-state index is -0.253. The van der Waals surface area contributed by atoms with E-state index < -0.39 is 0 Å². The summed E-state index contributed by atoms with van der Waals surface area (Å²) in [5, 5.41) is 11.8. The zero-order valence-electron chi connectivity index (χ0n) is 20.7. The summed E-state index contributed by atoms with van der Waals surface area (Å²) < 4.78 is 22.0. The van der Waals surface area contributed by atoms with Gasteiger partial charge >= 0.3 is 0 Å². The Balaban J connectivity index is 1.36. The van der Waals surface area contributed by atoms with Crippen molar-refractivity contribution < 1.29 is 13.9 Å². The van der Waals surface area contributed by atoms with Gasteiger partial charge in [-0.1, -0.05) is 0 Å². The zero-order chi connectivity index (χ0) is 24.7. The van der Waals surface area contributed by atoms with Crippen molar-refractivity contribution in [2.24, 2.45) is 0 Å². The van der Waals surface area contributed by atoms with Gasteiger partial charge in [0.2, 0.25) is 11.9 Å². The van der Waals surface area contributed by atoms with Gasteiger partial charge in [0.1, 0.15) is 17.9 Å². The molecular weight excluding hydrogens is 449 g/mol. The molecule has 2 aliphatic heterocycles. The fourth-order valence-corrected chi connectivity index (χ4v) is 5.61. The van der Waals surface area contributed by atoms with Crippen LogP contribution < -0.4 is 10.1 Å². The summed E-state index contributed by atoms with van der Waals surface area (Å²) in [5.74, 6) is 1.42. The largest absolute Gasteiger partial charge is 0.493 e. The van der Waals surface area contributed by atoms with Crippen LogP contribution in [0.25, 0.3) is 5.65 Å². The summed E-state index contributed by atoms with van der Waals surface area (Å²) in [6.07, 6.45) is 5.85. The Kier molecular flexibility index (Phi) is 6.31. The van der Waals surface area contributed by atoms with Crippen molar-refractivity contribution in [3.8, 4) is 5.75 Å². The van der Waals surface area contributed by atoms with Crippen molar-refractivity contribution in [3.63, 3.8) is 0 Å². The lowest BCUT2D eigenvalue weighted by molar-refractivity contribution is -0.138. The predicted octanol–water partition coefficient (Wildman–Crippen LogP) is 2.86. The number of benzene rings is 1. The quantitative estimate of drug-likeness (QED) is 0.579. The molecule has 1 fully saturated rings. The van der Waals surface area contributed by atoms with Crippen LogP contribution in [0.1, 0.15) is 49.3 Å². The first-order chi connectivity index (χ1) is 16.8. The highest BCUT2D eigenvalue weighted by molar-refractivity contribution is 5.79. The second kappa shape index (κ2) is 9.41. The van der Waals surface area contributed by atoms with Crippen molar-refractivity contribution in [2.45, 2.75) is 57.7 Å². The first-order valence-corrected chi connectivity index (χ1v) is 12.1. The van der Waals surface area contributed by atoms with Gasteiger partial charge in [-0.25, -0.2) is 9.37 Å². The Morgan fingerprint density at radius 2 is 2.03 bits per heavy atom. The van der Waals surface area contributed by atoms with E-state index in [0.29, 0.717) is 37.6 Å². The maximum atomic E-state index is 14.6. The van der Waals surface area contributed by atoms with Crippen molar-refractivity contribution in [1.29, 1.82) is 0 Å². The molecule has 35 heavy (non-hydrogen) atoms. The first-order valence-electron chi connectivity index (χ1n) is 12.1. The SMILES string of the molecule is CC1CC(c2cnc(NCc3c(F)ccc4c3CCO4)n3cnnc23)CC(C)N1C(=O)CN(C)C. The number of hydrogen-bond donors (Lipinski definition) is 1. The van der Waals surface area contributed by atoms with Gasteiger partial charge in [-0.3, -0.25) is 9.20 Å². The van der Waals surface area contributed by atoms with E-state index in [0.717, 1.165) is 35.4 Å². The van der Waals surface area contributed by atoms with E-state index in [1.807, 2.05) is 34.5 Å². The van der Waals surface area contributed by atoms with Gasteiger partial charge in [-0.2, -0.15) is 0 Å². The smallest absolute Gasteiger partial charge is 0.237 e. The van der Waals surface area contributed by atoms with Gasteiger partial charge in [-0.05, 0) is 58.8 Å². The first kappa shape index (κ1) is 23.5. The Bertz CT molecular complexity index is 1230. The Hall–Kier alpha value is -3.27. The minimum Gasteiger partial charge on any atom is -0.493 e. The molecule has 186 valence electrons. The minimum absolute atomic E-state index is 0.113. The third-order valence-electron chi connectivity index (χ3n) is 7.10. The fraction of sp³-hybridized carbons (Fsp3) is 0.520. The molecule has 0 bridgehead atoms. The number of amides is 1. The monoisotopic (exact) mass is 481 g/mol. The summed E-state index contributed by atoms with van der Waals surface area (Å²) >= 11 is 0. The summed E-state index contributed by atoms with van der Waals surface area (Å²) in [6.45, 7) is 5.49. The van der Waals surface area contributed by atoms with Gasteiger partial charge in [0.15, 0.2) is 5.65 Å². The van der Waals surface area contributed by atoms with Crippen LogP contribution in [0.4, 0.5) is 10.3 Å². The summed E-state index contributed by atoms with van der Waals surface area (Å²) in [5.41, 5.74) is 3.27. The number of anilines is 1. The van der Waals surface area contributed by atoms with Gasteiger partial charge < -0.3 is 19.9 Å². The highest BCUT2D eigenvalue weighted by Gasteiger charge is 2.36. The van der Waals surface area contributed by atoms with Crippen LogP contribution in [0.5, 0.6) is 5.75 Å². The number of carbonyl (C=O) groups is 1. The van der Waals surface area contributed by atoms with Crippen LogP contribution in [0.3, 0.4) is 0 Å². The normalized spacial score (nSPS) is 21.9. The van der Waals surface area contributed by atoms with E-state index in [1.54, 1.807) is 12.4 Å². The van der Waals surface area contributed by atoms with Crippen molar-refractivity contribution in [3.05, 3.63) is 47.2 Å². The second-order valence-corrected chi connectivity index (χ2v) is 9.92. The highest BCUT2D eigenvalue weighted by atomic mass is 19.1. The predicted molar refractivity (Wildman–Crippen MR) is 130 cm³/mol. The van der Waals surface area contributed by atoms with Crippen molar-refractivity contribution in [2.75, 3.05) is 32.6 Å². The van der Waals surface area contributed by atoms with E-state index in [4.69, 9.17) is 4.74 Å². The lowest BCUT2D eigenvalue weighted by Gasteiger charge is -2.43. The summed E-state index contributed by atoms with van der Waals surface area (Å²) in [7, 11) is 3.83. The molecule has 2 atom stereocenters. The molecule has 5 rings (SSSR count). The lowest BCUT2D eigenvalue weighted by Crippen LogP contribution is -2.51. The molecule has 1 amide bonds. The zero-order valence-corrected chi connectivity index (χ0v) is 20.7. The van der Waals surface area contributed by atoms with Crippen LogP contribution >= 0.6 is 0 Å². The molecule has 4 heterocycles. The third kappa shape index (κ3) is 4.42. The fourth-order valence-electron chi connectivity index (χ4n) is 5.61. The molecule has 0 radical (unpaired) electrons. The number of piperidine rings is 1. The van der Waals surface area contributed by atoms with Gasteiger partial charge in [0, 0.05) is 47.9 Å². The summed E-state index contributed by atoms with van der Waals surface area (Å²) in [4.78, 5) is 21.4. The Morgan fingerprint density at radius 3 is 2.77 bits per heavy atom. The average molecular weight is 482 g/mol. The number of halogens is 1. The lowest BCUT2D eigenvalue weighted by atomic mass is 9.83. The number of ether oxygens (including phenoxy) is 1. The van der Waals surface area contributed by atoms with E-state index in [9.17, 15) is 9.18 Å². The molecule has 0 saturated carbocycles. The van der Waals surface area contributed by atoms with E-state index in [2.05, 4.69) is 34.3 Å². The highest BCUT2D eigenvalue weighted by Crippen LogP contribution is 2.37. The van der Waals surface area contributed by atoms with Crippen LogP contribution in [0, 0.1) is 5.82 Å².